The largest absolute Gasteiger partial charge is 0.489 e. The monoisotopic (exact) mass is 516 g/mol. The summed E-state index contributed by atoms with van der Waals surface area (Å²) >= 11 is 6.09. The first-order valence-corrected chi connectivity index (χ1v) is 12.8. The summed E-state index contributed by atoms with van der Waals surface area (Å²) in [4.78, 5) is 15.4. The highest BCUT2D eigenvalue weighted by molar-refractivity contribution is 6.30. The van der Waals surface area contributed by atoms with Gasteiger partial charge in [-0.1, -0.05) is 66.2 Å². The van der Waals surface area contributed by atoms with Crippen molar-refractivity contribution in [3.63, 3.8) is 0 Å². The van der Waals surface area contributed by atoms with Gasteiger partial charge in [-0.15, -0.1) is 5.10 Å². The van der Waals surface area contributed by atoms with Crippen molar-refractivity contribution in [3.8, 4) is 5.75 Å². The van der Waals surface area contributed by atoms with E-state index in [2.05, 4.69) is 37.9 Å². The summed E-state index contributed by atoms with van der Waals surface area (Å²) in [6.45, 7) is 2.40. The highest BCUT2D eigenvalue weighted by atomic mass is 35.5. The van der Waals surface area contributed by atoms with Crippen molar-refractivity contribution in [1.82, 2.24) is 30.4 Å². The fourth-order valence-electron chi connectivity index (χ4n) is 4.66. The number of hydrogen-bond donors (Lipinski definition) is 1. The molecule has 9 heteroatoms. The van der Waals surface area contributed by atoms with Gasteiger partial charge in [0.25, 0.3) is 0 Å². The minimum atomic E-state index is -0.275. The van der Waals surface area contributed by atoms with Gasteiger partial charge in [0.05, 0.1) is 12.1 Å². The quantitative estimate of drug-likeness (QED) is 0.342. The van der Waals surface area contributed by atoms with Gasteiger partial charge in [0.15, 0.2) is 0 Å². The van der Waals surface area contributed by atoms with Crippen molar-refractivity contribution in [2.45, 2.75) is 38.1 Å². The van der Waals surface area contributed by atoms with Crippen LogP contribution in [0.1, 0.15) is 29.2 Å². The number of hydrogen-bond acceptors (Lipinski definition) is 6. The van der Waals surface area contributed by atoms with E-state index in [0.717, 1.165) is 28.9 Å². The molecule has 1 saturated heterocycles. The molecule has 5 rings (SSSR count). The first-order chi connectivity index (χ1) is 18.1. The van der Waals surface area contributed by atoms with Gasteiger partial charge < -0.3 is 10.1 Å². The first kappa shape index (κ1) is 24.9. The fourth-order valence-corrected chi connectivity index (χ4v) is 4.87. The molecule has 4 aromatic rings. The Balaban J connectivity index is 1.20. The van der Waals surface area contributed by atoms with Crippen LogP contribution in [0.5, 0.6) is 5.75 Å². The highest BCUT2D eigenvalue weighted by Gasteiger charge is 2.38. The molecule has 37 heavy (non-hydrogen) atoms. The van der Waals surface area contributed by atoms with Crippen molar-refractivity contribution in [2.75, 3.05) is 13.1 Å². The molecule has 190 valence electrons. The molecule has 1 amide bonds. The van der Waals surface area contributed by atoms with Crippen LogP contribution < -0.4 is 10.1 Å². The molecule has 0 unspecified atom stereocenters. The second-order valence-corrected chi connectivity index (χ2v) is 9.65. The van der Waals surface area contributed by atoms with Crippen molar-refractivity contribution in [2.24, 2.45) is 0 Å². The maximum absolute atomic E-state index is 13.2. The predicted molar refractivity (Wildman–Crippen MR) is 141 cm³/mol. The van der Waals surface area contributed by atoms with E-state index in [0.29, 0.717) is 37.7 Å². The standard InChI is InChI=1S/C28H29ClN6O2/c29-24-8-4-7-21(15-24)13-14-30-28(36)27-16-25(35-20-31-32-33-35)18-34(27)17-22-9-11-26(12-10-22)37-19-23-5-2-1-3-6-23/h1-12,15,20,25,27H,13-14,16-19H2,(H,30,36)/t25-,27+/m1/s1. The lowest BCUT2D eigenvalue weighted by Crippen LogP contribution is -2.43. The average Bonchev–Trinajstić information content (AvgIpc) is 3.60. The van der Waals surface area contributed by atoms with Gasteiger partial charge >= 0.3 is 0 Å². The Hall–Kier alpha value is -3.75. The summed E-state index contributed by atoms with van der Waals surface area (Å²) in [7, 11) is 0. The van der Waals surface area contributed by atoms with Crippen LogP contribution in [-0.4, -0.2) is 50.1 Å². The molecule has 0 saturated carbocycles. The number of rotatable bonds is 10. The van der Waals surface area contributed by atoms with Crippen LogP contribution in [0.3, 0.4) is 0 Å². The molecule has 1 N–H and O–H groups in total. The zero-order valence-corrected chi connectivity index (χ0v) is 21.2. The van der Waals surface area contributed by atoms with Crippen molar-refractivity contribution >= 4 is 17.5 Å². The number of amides is 1. The summed E-state index contributed by atoms with van der Waals surface area (Å²) in [5.41, 5.74) is 3.33. The van der Waals surface area contributed by atoms with Crippen LogP contribution in [0.2, 0.25) is 5.02 Å². The SMILES string of the molecule is O=C(NCCc1cccc(Cl)c1)[C@@H]1C[C@@H](n2cnnn2)CN1Cc1ccc(OCc2ccccc2)cc1. The Morgan fingerprint density at radius 1 is 1.00 bits per heavy atom. The summed E-state index contributed by atoms with van der Waals surface area (Å²) in [5, 5.41) is 15.4. The third kappa shape index (κ3) is 6.72. The number of halogens is 1. The van der Waals surface area contributed by atoms with Gasteiger partial charge in [-0.2, -0.15) is 0 Å². The molecular formula is C28H29ClN6O2. The molecule has 1 fully saturated rings. The minimum absolute atomic E-state index is 0.0143. The first-order valence-electron chi connectivity index (χ1n) is 12.4. The van der Waals surface area contributed by atoms with Crippen LogP contribution in [0.4, 0.5) is 0 Å². The second-order valence-electron chi connectivity index (χ2n) is 9.21. The maximum Gasteiger partial charge on any atom is 0.237 e. The predicted octanol–water partition coefficient (Wildman–Crippen LogP) is 4.08. The van der Waals surface area contributed by atoms with Crippen molar-refractivity contribution in [1.29, 1.82) is 0 Å². The molecule has 1 aliphatic heterocycles. The molecular weight excluding hydrogens is 488 g/mol. The minimum Gasteiger partial charge on any atom is -0.489 e. The number of likely N-dealkylation sites (tertiary alicyclic amines) is 1. The number of aromatic nitrogens is 4. The lowest BCUT2D eigenvalue weighted by atomic mass is 10.1. The topological polar surface area (TPSA) is 85.2 Å². The van der Waals surface area contributed by atoms with Gasteiger partial charge in [-0.3, -0.25) is 9.69 Å². The van der Waals surface area contributed by atoms with Crippen LogP contribution in [-0.2, 0) is 24.4 Å². The molecule has 0 radical (unpaired) electrons. The molecule has 0 aliphatic carbocycles. The average molecular weight is 517 g/mol. The van der Waals surface area contributed by atoms with Gasteiger partial charge in [-0.25, -0.2) is 4.68 Å². The molecule has 8 nitrogen and oxygen atoms in total. The van der Waals surface area contributed by atoms with Crippen LogP contribution >= 0.6 is 11.6 Å². The Morgan fingerprint density at radius 2 is 1.81 bits per heavy atom. The molecule has 0 spiro atoms. The van der Waals surface area contributed by atoms with Crippen molar-refractivity contribution in [3.05, 3.63) is 107 Å². The Bertz CT molecular complexity index is 1280. The molecule has 0 bridgehead atoms. The van der Waals surface area contributed by atoms with E-state index in [1.165, 1.54) is 0 Å². The van der Waals surface area contributed by atoms with Gasteiger partial charge in [-0.05, 0) is 64.2 Å². The molecule has 1 aliphatic rings. The Morgan fingerprint density at radius 3 is 2.57 bits per heavy atom. The van der Waals surface area contributed by atoms with E-state index in [1.807, 2.05) is 66.7 Å². The maximum atomic E-state index is 13.2. The number of carbonyl (C=O) groups is 1. The summed E-state index contributed by atoms with van der Waals surface area (Å²) in [5.74, 6) is 0.830. The molecule has 1 aromatic heterocycles. The number of nitrogens with zero attached hydrogens (tertiary/aromatic N) is 5. The van der Waals surface area contributed by atoms with Crippen LogP contribution in [0, 0.1) is 0 Å². The lowest BCUT2D eigenvalue weighted by Gasteiger charge is -2.23. The van der Waals surface area contributed by atoms with E-state index < -0.39 is 0 Å². The number of carbonyl (C=O) groups excluding carboxylic acids is 1. The van der Waals surface area contributed by atoms with Crippen molar-refractivity contribution < 1.29 is 9.53 Å². The Labute approximate surface area is 221 Å². The molecule has 2 heterocycles. The summed E-state index contributed by atoms with van der Waals surface area (Å²) in [6, 6.07) is 25.6. The van der Waals surface area contributed by atoms with E-state index in [9.17, 15) is 4.79 Å². The molecule has 3 aromatic carbocycles. The summed E-state index contributed by atoms with van der Waals surface area (Å²) < 4.78 is 7.66. The van der Waals surface area contributed by atoms with E-state index in [4.69, 9.17) is 16.3 Å². The number of tetrazole rings is 1. The normalized spacial score (nSPS) is 17.5. The lowest BCUT2D eigenvalue weighted by molar-refractivity contribution is -0.125. The van der Waals surface area contributed by atoms with Crippen LogP contribution in [0.15, 0.2) is 85.2 Å². The summed E-state index contributed by atoms with van der Waals surface area (Å²) in [6.07, 6.45) is 2.98. The third-order valence-electron chi connectivity index (χ3n) is 6.58. The zero-order chi connectivity index (χ0) is 25.5. The van der Waals surface area contributed by atoms with Gasteiger partial charge in [0.2, 0.25) is 5.91 Å². The van der Waals surface area contributed by atoms with Crippen LogP contribution in [0.25, 0.3) is 0 Å². The van der Waals surface area contributed by atoms with E-state index >= 15 is 0 Å². The fraction of sp³-hybridized carbons (Fsp3) is 0.286. The Kier molecular flexibility index (Phi) is 8.08. The number of benzene rings is 3. The van der Waals surface area contributed by atoms with Gasteiger partial charge in [0, 0.05) is 24.7 Å². The number of nitrogens with one attached hydrogen (secondary N) is 1. The highest BCUT2D eigenvalue weighted by Crippen LogP contribution is 2.29. The zero-order valence-electron chi connectivity index (χ0n) is 20.4. The smallest absolute Gasteiger partial charge is 0.237 e. The van der Waals surface area contributed by atoms with Gasteiger partial charge in [0.1, 0.15) is 18.7 Å². The molecule has 2 atom stereocenters. The third-order valence-corrected chi connectivity index (χ3v) is 6.82. The second kappa shape index (κ2) is 12.0. The number of ether oxygens (including phenoxy) is 1. The van der Waals surface area contributed by atoms with E-state index in [-0.39, 0.29) is 18.0 Å². The van der Waals surface area contributed by atoms with E-state index in [1.54, 1.807) is 11.0 Å².